The average molecular weight is 215 g/mol. The van der Waals surface area contributed by atoms with Crippen LogP contribution in [0.25, 0.3) is 10.9 Å². The molecule has 1 heterocycles. The lowest BCUT2D eigenvalue weighted by Crippen LogP contribution is -1.74. The minimum atomic E-state index is 0.939. The van der Waals surface area contributed by atoms with Crippen LogP contribution in [0, 0.1) is 26.2 Å². The number of aromatic nitrogens is 1. The highest BCUT2D eigenvalue weighted by Gasteiger charge is 2.03. The normalized spacial score (nSPS) is 9.44. The molecule has 2 heteroatoms. The van der Waals surface area contributed by atoms with Crippen LogP contribution in [0.3, 0.4) is 0 Å². The summed E-state index contributed by atoms with van der Waals surface area (Å²) >= 11 is 0. The lowest BCUT2D eigenvalue weighted by molar-refractivity contribution is 0.277. The Morgan fingerprint density at radius 3 is 2.44 bits per heavy atom. The zero-order chi connectivity index (χ0) is 12.1. The number of rotatable bonds is 0. The van der Waals surface area contributed by atoms with E-state index in [4.69, 9.17) is 6.42 Å². The Balaban J connectivity index is 0.000000386. The molecule has 0 saturated carbocycles. The van der Waals surface area contributed by atoms with Gasteiger partial charge in [0.1, 0.15) is 0 Å². The van der Waals surface area contributed by atoms with E-state index in [2.05, 4.69) is 29.5 Å². The minimum absolute atomic E-state index is 0.939. The van der Waals surface area contributed by atoms with Crippen LogP contribution in [-0.2, 0) is 4.74 Å². The zero-order valence-electron chi connectivity index (χ0n) is 10.2. The van der Waals surface area contributed by atoms with Crippen molar-refractivity contribution >= 4 is 10.9 Å². The molecule has 0 unspecified atom stereocenters. The maximum atomic E-state index is 5.34. The molecule has 1 aromatic heterocycles. The van der Waals surface area contributed by atoms with E-state index in [1.54, 1.807) is 14.2 Å². The Bertz CT molecular complexity index is 517. The fourth-order valence-electron chi connectivity index (χ4n) is 1.55. The molecule has 0 aliphatic rings. The van der Waals surface area contributed by atoms with E-state index < -0.39 is 0 Å². The Morgan fingerprint density at radius 1 is 1.25 bits per heavy atom. The third kappa shape index (κ3) is 2.44. The van der Waals surface area contributed by atoms with E-state index in [9.17, 15) is 0 Å². The third-order valence-electron chi connectivity index (χ3n) is 2.47. The molecule has 16 heavy (non-hydrogen) atoms. The van der Waals surface area contributed by atoms with Crippen LogP contribution < -0.4 is 0 Å². The fraction of sp³-hybridized carbons (Fsp3) is 0.286. The minimum Gasteiger partial charge on any atom is -0.388 e. The summed E-state index contributed by atoms with van der Waals surface area (Å²) in [4.78, 5) is 3.31. The van der Waals surface area contributed by atoms with Gasteiger partial charge in [0, 0.05) is 36.4 Å². The molecule has 0 spiro atoms. The highest BCUT2D eigenvalue weighted by atomic mass is 16.4. The van der Waals surface area contributed by atoms with E-state index in [0.29, 0.717) is 0 Å². The molecule has 2 aromatic rings. The number of hydrogen-bond acceptors (Lipinski definition) is 1. The molecule has 0 aliphatic heterocycles. The van der Waals surface area contributed by atoms with E-state index >= 15 is 0 Å². The number of fused-ring (bicyclic) bond motifs is 1. The highest BCUT2D eigenvalue weighted by molar-refractivity contribution is 5.85. The van der Waals surface area contributed by atoms with Crippen molar-refractivity contribution in [2.75, 3.05) is 14.2 Å². The molecule has 0 saturated heterocycles. The molecule has 0 fully saturated rings. The Kier molecular flexibility index (Phi) is 4.16. The maximum Gasteiger partial charge on any atom is 0.0459 e. The van der Waals surface area contributed by atoms with Crippen molar-refractivity contribution in [1.29, 1.82) is 0 Å². The van der Waals surface area contributed by atoms with Crippen molar-refractivity contribution < 1.29 is 4.74 Å². The molecule has 0 amide bonds. The number of ether oxygens (including phenoxy) is 1. The van der Waals surface area contributed by atoms with Crippen LogP contribution in [0.4, 0.5) is 0 Å². The van der Waals surface area contributed by atoms with Gasteiger partial charge in [-0.05, 0) is 37.6 Å². The van der Waals surface area contributed by atoms with Crippen LogP contribution in [0.1, 0.15) is 16.8 Å². The second kappa shape index (κ2) is 5.39. The Labute approximate surface area is 96.6 Å². The monoisotopic (exact) mass is 215 g/mol. The Morgan fingerprint density at radius 2 is 1.88 bits per heavy atom. The number of H-pyrrole nitrogens is 1. The molecular formula is C14H17NO. The number of hydrogen-bond donors (Lipinski definition) is 1. The summed E-state index contributed by atoms with van der Waals surface area (Å²) in [5.74, 6) is 2.64. The van der Waals surface area contributed by atoms with Crippen molar-refractivity contribution in [2.24, 2.45) is 0 Å². The average Bonchev–Trinajstić information content (AvgIpc) is 2.56. The molecule has 84 valence electrons. The fourth-order valence-corrected chi connectivity index (χ4v) is 1.55. The van der Waals surface area contributed by atoms with Crippen LogP contribution in [0.5, 0.6) is 0 Å². The van der Waals surface area contributed by atoms with Crippen molar-refractivity contribution in [3.63, 3.8) is 0 Å². The summed E-state index contributed by atoms with van der Waals surface area (Å²) in [6, 6.07) is 6.04. The summed E-state index contributed by atoms with van der Waals surface area (Å²) in [6.07, 6.45) is 5.34. The molecule has 0 bridgehead atoms. The molecule has 0 aliphatic carbocycles. The maximum absolute atomic E-state index is 5.34. The van der Waals surface area contributed by atoms with Crippen molar-refractivity contribution in [2.45, 2.75) is 13.8 Å². The number of aromatic amines is 1. The van der Waals surface area contributed by atoms with Crippen LogP contribution in [0.2, 0.25) is 0 Å². The number of aryl methyl sites for hydroxylation is 2. The van der Waals surface area contributed by atoms with E-state index in [0.717, 1.165) is 11.1 Å². The number of benzene rings is 1. The topological polar surface area (TPSA) is 25.0 Å². The number of methoxy groups -OCH3 is 1. The van der Waals surface area contributed by atoms with E-state index in [1.165, 1.54) is 16.6 Å². The van der Waals surface area contributed by atoms with Crippen LogP contribution in [0.15, 0.2) is 18.2 Å². The van der Waals surface area contributed by atoms with Gasteiger partial charge in [-0.25, -0.2) is 0 Å². The van der Waals surface area contributed by atoms with Gasteiger partial charge in [-0.3, -0.25) is 0 Å². The smallest absolute Gasteiger partial charge is 0.0459 e. The standard InChI is InChI=1S/C12H11N.C2H6O/c1-4-10-5-6-12-11(7-10)8(2)9(3)13-12;1-3-2/h1,5-7,13H,2-3H3;1-2H3. The second-order valence-electron chi connectivity index (χ2n) is 3.69. The van der Waals surface area contributed by atoms with Crippen LogP contribution in [-0.4, -0.2) is 19.2 Å². The van der Waals surface area contributed by atoms with Gasteiger partial charge in [0.15, 0.2) is 0 Å². The summed E-state index contributed by atoms with van der Waals surface area (Å²) in [7, 11) is 3.25. The summed E-state index contributed by atoms with van der Waals surface area (Å²) in [5, 5.41) is 1.23. The zero-order valence-corrected chi connectivity index (χ0v) is 10.2. The Hall–Kier alpha value is -1.72. The molecule has 2 nitrogen and oxygen atoms in total. The predicted octanol–water partition coefficient (Wildman–Crippen LogP) is 3.03. The third-order valence-corrected chi connectivity index (χ3v) is 2.47. The van der Waals surface area contributed by atoms with Gasteiger partial charge in [-0.15, -0.1) is 6.42 Å². The summed E-state index contributed by atoms with van der Waals surface area (Å²) in [6.45, 7) is 4.18. The molecule has 2 rings (SSSR count). The SMILES string of the molecule is C#Cc1ccc2[nH]c(C)c(C)c2c1.COC. The van der Waals surface area contributed by atoms with Crippen molar-refractivity contribution in [3.05, 3.63) is 35.0 Å². The first-order chi connectivity index (χ1) is 7.63. The molecule has 1 aromatic carbocycles. The van der Waals surface area contributed by atoms with Gasteiger partial charge in [-0.2, -0.15) is 0 Å². The molecule has 0 radical (unpaired) electrons. The number of nitrogens with one attached hydrogen (secondary N) is 1. The quantitative estimate of drug-likeness (QED) is 0.671. The number of terminal acetylenes is 1. The first-order valence-corrected chi connectivity index (χ1v) is 5.09. The van der Waals surface area contributed by atoms with Gasteiger partial charge in [0.05, 0.1) is 0 Å². The lowest BCUT2D eigenvalue weighted by Gasteiger charge is -1.92. The van der Waals surface area contributed by atoms with Gasteiger partial charge >= 0.3 is 0 Å². The summed E-state index contributed by atoms with van der Waals surface area (Å²) in [5.41, 5.74) is 4.60. The van der Waals surface area contributed by atoms with Crippen LogP contribution >= 0.6 is 0 Å². The van der Waals surface area contributed by atoms with Gasteiger partial charge < -0.3 is 9.72 Å². The van der Waals surface area contributed by atoms with Crippen molar-refractivity contribution in [1.82, 2.24) is 4.98 Å². The summed E-state index contributed by atoms with van der Waals surface area (Å²) < 4.78 is 4.25. The lowest BCUT2D eigenvalue weighted by atomic mass is 10.1. The van der Waals surface area contributed by atoms with Gasteiger partial charge in [-0.1, -0.05) is 5.92 Å². The molecule has 0 atom stereocenters. The van der Waals surface area contributed by atoms with E-state index in [-0.39, 0.29) is 0 Å². The van der Waals surface area contributed by atoms with Crippen molar-refractivity contribution in [3.8, 4) is 12.3 Å². The van der Waals surface area contributed by atoms with E-state index in [1.807, 2.05) is 18.2 Å². The second-order valence-corrected chi connectivity index (χ2v) is 3.69. The predicted molar refractivity (Wildman–Crippen MR) is 68.6 cm³/mol. The molecule has 1 N–H and O–H groups in total. The largest absolute Gasteiger partial charge is 0.388 e. The van der Waals surface area contributed by atoms with Gasteiger partial charge in [0.2, 0.25) is 0 Å². The highest BCUT2D eigenvalue weighted by Crippen LogP contribution is 2.21. The first kappa shape index (κ1) is 12.4. The van der Waals surface area contributed by atoms with Gasteiger partial charge in [0.25, 0.3) is 0 Å². The molecular weight excluding hydrogens is 198 g/mol. The first-order valence-electron chi connectivity index (χ1n) is 5.09.